The van der Waals surface area contributed by atoms with E-state index in [1.807, 2.05) is 12.1 Å². The molecule has 0 atom stereocenters. The molecule has 0 aliphatic carbocycles. The Bertz CT molecular complexity index is 1130. The molecule has 0 saturated carbocycles. The van der Waals surface area contributed by atoms with Gasteiger partial charge in [0.2, 0.25) is 0 Å². The van der Waals surface area contributed by atoms with Crippen LogP contribution >= 0.6 is 11.6 Å². The fourth-order valence-corrected chi connectivity index (χ4v) is 3.43. The van der Waals surface area contributed by atoms with Crippen LogP contribution in [-0.2, 0) is 22.3 Å². The van der Waals surface area contributed by atoms with Crippen molar-refractivity contribution < 1.29 is 27.4 Å². The van der Waals surface area contributed by atoms with E-state index in [-0.39, 0.29) is 13.2 Å². The molecule has 158 valence electrons. The fraction of sp³-hybridized carbons (Fsp3) is 0.125. The number of carbonyl (C=O) groups is 1. The van der Waals surface area contributed by atoms with Crippen LogP contribution < -0.4 is 4.74 Å². The van der Waals surface area contributed by atoms with Gasteiger partial charge in [0, 0.05) is 16.2 Å². The maximum Gasteiger partial charge on any atom is 0.416 e. The lowest BCUT2D eigenvalue weighted by Gasteiger charge is -2.13. The van der Waals surface area contributed by atoms with Crippen LogP contribution in [0, 0.1) is 0 Å². The molecule has 0 radical (unpaired) electrons. The number of hydrogen-bond acceptors (Lipinski definition) is 3. The summed E-state index contributed by atoms with van der Waals surface area (Å²) in [5, 5.41) is 0.580. The van der Waals surface area contributed by atoms with Crippen molar-refractivity contribution in [1.82, 2.24) is 0 Å². The summed E-state index contributed by atoms with van der Waals surface area (Å²) in [5.74, 6) is -0.0294. The average Bonchev–Trinajstić information content (AvgIpc) is 3.14. The monoisotopic (exact) mass is 444 g/mol. The number of esters is 1. The van der Waals surface area contributed by atoms with Gasteiger partial charge >= 0.3 is 12.1 Å². The summed E-state index contributed by atoms with van der Waals surface area (Å²) in [5.41, 5.74) is 2.33. The number of para-hydroxylation sites is 1. The molecule has 4 rings (SSSR count). The van der Waals surface area contributed by atoms with Gasteiger partial charge in [0.05, 0.1) is 11.1 Å². The zero-order chi connectivity index (χ0) is 22.0. The molecule has 0 fully saturated rings. The van der Waals surface area contributed by atoms with Gasteiger partial charge in [-0.25, -0.2) is 4.79 Å². The number of benzene rings is 3. The van der Waals surface area contributed by atoms with Crippen molar-refractivity contribution >= 4 is 28.7 Å². The first-order valence-electron chi connectivity index (χ1n) is 9.37. The van der Waals surface area contributed by atoms with Crippen LogP contribution in [0.2, 0.25) is 5.02 Å². The van der Waals surface area contributed by atoms with Crippen molar-refractivity contribution in [2.24, 2.45) is 0 Å². The normalized spacial score (nSPS) is 14.0. The molecule has 0 bridgehead atoms. The van der Waals surface area contributed by atoms with Crippen LogP contribution in [0.25, 0.3) is 11.1 Å². The lowest BCUT2D eigenvalue weighted by molar-refractivity contribution is -0.137. The summed E-state index contributed by atoms with van der Waals surface area (Å²) < 4.78 is 49.4. The van der Waals surface area contributed by atoms with E-state index in [1.165, 1.54) is 12.1 Å². The lowest BCUT2D eigenvalue weighted by atomic mass is 9.96. The van der Waals surface area contributed by atoms with E-state index in [0.717, 1.165) is 17.7 Å². The maximum absolute atomic E-state index is 12.7. The summed E-state index contributed by atoms with van der Waals surface area (Å²) in [4.78, 5) is 12.5. The van der Waals surface area contributed by atoms with Crippen LogP contribution in [0.5, 0.6) is 5.75 Å². The molecule has 3 aromatic carbocycles. The standard InChI is InChI=1S/C24H16ClF3O3/c25-18-11-7-16(8-12-18)20-14-31-23(29)22(20)19-3-1-2-4-21(19)30-13-15-5-9-17(10-6-15)24(26,27)28/h1-12H,13-14H2. The molecular weight excluding hydrogens is 429 g/mol. The average molecular weight is 445 g/mol. The molecule has 1 aliphatic rings. The van der Waals surface area contributed by atoms with Crippen molar-refractivity contribution in [2.45, 2.75) is 12.8 Å². The minimum atomic E-state index is -4.39. The molecular formula is C24H16ClF3O3. The number of rotatable bonds is 5. The second-order valence-electron chi connectivity index (χ2n) is 6.92. The highest BCUT2D eigenvalue weighted by Crippen LogP contribution is 2.37. The van der Waals surface area contributed by atoms with Gasteiger partial charge in [-0.05, 0) is 41.5 Å². The van der Waals surface area contributed by atoms with Crippen molar-refractivity contribution in [3.05, 3.63) is 100 Å². The number of ether oxygens (including phenoxy) is 2. The maximum atomic E-state index is 12.7. The number of cyclic esters (lactones) is 1. The molecule has 3 nitrogen and oxygen atoms in total. The van der Waals surface area contributed by atoms with Crippen LogP contribution in [0.3, 0.4) is 0 Å². The van der Waals surface area contributed by atoms with Crippen LogP contribution in [-0.4, -0.2) is 12.6 Å². The van der Waals surface area contributed by atoms with Crippen molar-refractivity contribution in [1.29, 1.82) is 0 Å². The molecule has 31 heavy (non-hydrogen) atoms. The predicted octanol–water partition coefficient (Wildman–Crippen LogP) is 6.41. The van der Waals surface area contributed by atoms with Crippen molar-refractivity contribution in [3.8, 4) is 5.75 Å². The Morgan fingerprint density at radius 1 is 0.935 bits per heavy atom. The zero-order valence-corrected chi connectivity index (χ0v) is 16.8. The number of hydrogen-bond donors (Lipinski definition) is 0. The second kappa shape index (κ2) is 8.47. The van der Waals surface area contributed by atoms with Gasteiger partial charge in [0.25, 0.3) is 0 Å². The van der Waals surface area contributed by atoms with Crippen molar-refractivity contribution in [2.75, 3.05) is 6.61 Å². The smallest absolute Gasteiger partial charge is 0.416 e. The Kier molecular flexibility index (Phi) is 5.74. The molecule has 7 heteroatoms. The lowest BCUT2D eigenvalue weighted by Crippen LogP contribution is -2.05. The summed E-state index contributed by atoms with van der Waals surface area (Å²) >= 11 is 5.96. The number of alkyl halides is 3. The summed E-state index contributed by atoms with van der Waals surface area (Å²) in [6.07, 6.45) is -4.39. The Balaban J connectivity index is 1.63. The van der Waals surface area contributed by atoms with E-state index in [9.17, 15) is 18.0 Å². The van der Waals surface area contributed by atoms with Gasteiger partial charge in [0.1, 0.15) is 19.0 Å². The Morgan fingerprint density at radius 2 is 1.61 bits per heavy atom. The number of carbonyl (C=O) groups excluding carboxylic acids is 1. The highest BCUT2D eigenvalue weighted by atomic mass is 35.5. The van der Waals surface area contributed by atoms with Gasteiger partial charge in [-0.3, -0.25) is 0 Å². The van der Waals surface area contributed by atoms with E-state index in [2.05, 4.69) is 0 Å². The third-order valence-corrected chi connectivity index (χ3v) is 5.13. The van der Waals surface area contributed by atoms with E-state index >= 15 is 0 Å². The largest absolute Gasteiger partial charge is 0.488 e. The minimum absolute atomic E-state index is 0.0494. The summed E-state index contributed by atoms with van der Waals surface area (Å²) in [7, 11) is 0. The van der Waals surface area contributed by atoms with Gasteiger partial charge in [-0.2, -0.15) is 13.2 Å². The second-order valence-corrected chi connectivity index (χ2v) is 7.35. The molecule has 1 heterocycles. The van der Waals surface area contributed by atoms with E-state index in [0.29, 0.717) is 33.0 Å². The quantitative estimate of drug-likeness (QED) is 0.427. The Hall–Kier alpha value is -3.25. The first-order valence-corrected chi connectivity index (χ1v) is 9.75. The minimum Gasteiger partial charge on any atom is -0.488 e. The summed E-state index contributed by atoms with van der Waals surface area (Å²) in [6, 6.07) is 18.8. The Morgan fingerprint density at radius 3 is 2.29 bits per heavy atom. The van der Waals surface area contributed by atoms with Crippen LogP contribution in [0.4, 0.5) is 13.2 Å². The topological polar surface area (TPSA) is 35.5 Å². The first-order chi connectivity index (χ1) is 14.8. The van der Waals surface area contributed by atoms with E-state index < -0.39 is 17.7 Å². The molecule has 0 saturated heterocycles. The Labute approximate surface area is 181 Å². The SMILES string of the molecule is O=C1OCC(c2ccc(Cl)cc2)=C1c1ccccc1OCc1ccc(C(F)(F)F)cc1. The highest BCUT2D eigenvalue weighted by molar-refractivity contribution is 6.31. The molecule has 0 spiro atoms. The third-order valence-electron chi connectivity index (χ3n) is 4.88. The molecule has 0 aromatic heterocycles. The van der Waals surface area contributed by atoms with Gasteiger partial charge in [-0.1, -0.05) is 54.1 Å². The molecule has 0 amide bonds. The predicted molar refractivity (Wildman–Crippen MR) is 111 cm³/mol. The number of halogens is 4. The fourth-order valence-electron chi connectivity index (χ4n) is 3.31. The summed E-state index contributed by atoms with van der Waals surface area (Å²) in [6.45, 7) is 0.177. The zero-order valence-electron chi connectivity index (χ0n) is 16.1. The molecule has 0 N–H and O–H groups in total. The third kappa shape index (κ3) is 4.59. The van der Waals surface area contributed by atoms with Crippen LogP contribution in [0.1, 0.15) is 22.3 Å². The molecule has 1 aliphatic heterocycles. The molecule has 3 aromatic rings. The van der Waals surface area contributed by atoms with E-state index in [4.69, 9.17) is 21.1 Å². The molecule has 0 unspecified atom stereocenters. The van der Waals surface area contributed by atoms with E-state index in [1.54, 1.807) is 36.4 Å². The van der Waals surface area contributed by atoms with Gasteiger partial charge in [0.15, 0.2) is 0 Å². The van der Waals surface area contributed by atoms with Gasteiger partial charge in [-0.15, -0.1) is 0 Å². The van der Waals surface area contributed by atoms with Crippen molar-refractivity contribution in [3.63, 3.8) is 0 Å². The van der Waals surface area contributed by atoms with Crippen LogP contribution in [0.15, 0.2) is 72.8 Å². The highest BCUT2D eigenvalue weighted by Gasteiger charge is 2.30. The first kappa shape index (κ1) is 21.0. The van der Waals surface area contributed by atoms with Gasteiger partial charge < -0.3 is 9.47 Å².